The van der Waals surface area contributed by atoms with Gasteiger partial charge >= 0.3 is 0 Å². The van der Waals surface area contributed by atoms with Gasteiger partial charge in [0.2, 0.25) is 10.0 Å². The fraction of sp³-hybridized carbons (Fsp3) is 0.267. The van der Waals surface area contributed by atoms with E-state index in [1.165, 1.54) is 28.8 Å². The Hall–Kier alpha value is -2.76. The summed E-state index contributed by atoms with van der Waals surface area (Å²) >= 11 is 0. The fourth-order valence-electron chi connectivity index (χ4n) is 2.33. The molecular formula is C15H17N5O5S. The van der Waals surface area contributed by atoms with Crippen LogP contribution in [0.4, 0.5) is 0 Å². The van der Waals surface area contributed by atoms with Crippen molar-refractivity contribution in [1.29, 1.82) is 0 Å². The number of hydrogen-bond acceptors (Lipinski definition) is 6. The zero-order chi connectivity index (χ0) is 18.6. The molecule has 1 aliphatic rings. The van der Waals surface area contributed by atoms with Crippen LogP contribution >= 0.6 is 0 Å². The first-order valence-corrected chi connectivity index (χ1v) is 9.20. The molecule has 26 heavy (non-hydrogen) atoms. The maximum atomic E-state index is 12.5. The van der Waals surface area contributed by atoms with E-state index in [2.05, 4.69) is 20.8 Å². The first-order valence-electron chi connectivity index (χ1n) is 7.76. The van der Waals surface area contributed by atoms with Crippen molar-refractivity contribution in [3.8, 4) is 0 Å². The third kappa shape index (κ3) is 3.90. The van der Waals surface area contributed by atoms with Crippen molar-refractivity contribution < 1.29 is 22.7 Å². The first-order chi connectivity index (χ1) is 12.5. The largest absolute Gasteiger partial charge is 0.379 e. The molecule has 2 amide bonds. The lowest BCUT2D eigenvalue weighted by atomic mass is 10.3. The Bertz CT molecular complexity index is 890. The van der Waals surface area contributed by atoms with E-state index < -0.39 is 21.8 Å². The molecule has 0 spiro atoms. The number of carbonyl (C=O) groups excluding carboxylic acids is 2. The van der Waals surface area contributed by atoms with Crippen LogP contribution in [0.3, 0.4) is 0 Å². The van der Waals surface area contributed by atoms with Gasteiger partial charge in [-0.2, -0.15) is 4.31 Å². The molecule has 10 nitrogen and oxygen atoms in total. The minimum absolute atomic E-state index is 0.00171. The summed E-state index contributed by atoms with van der Waals surface area (Å²) < 4.78 is 31.5. The van der Waals surface area contributed by atoms with Gasteiger partial charge in [-0.3, -0.25) is 25.4 Å². The summed E-state index contributed by atoms with van der Waals surface area (Å²) in [5, 5.41) is 0. The minimum Gasteiger partial charge on any atom is -0.379 e. The van der Waals surface area contributed by atoms with Crippen molar-refractivity contribution in [1.82, 2.24) is 25.1 Å². The predicted molar refractivity (Wildman–Crippen MR) is 89.5 cm³/mol. The molecule has 3 heterocycles. The third-order valence-corrected chi connectivity index (χ3v) is 5.57. The lowest BCUT2D eigenvalue weighted by Crippen LogP contribution is -2.42. The molecule has 0 unspecified atom stereocenters. The summed E-state index contributed by atoms with van der Waals surface area (Å²) in [7, 11) is -3.70. The highest BCUT2D eigenvalue weighted by atomic mass is 32.2. The van der Waals surface area contributed by atoms with Gasteiger partial charge in [-0.1, -0.05) is 6.07 Å². The topological polar surface area (TPSA) is 133 Å². The second-order valence-corrected chi connectivity index (χ2v) is 7.33. The second-order valence-electron chi connectivity index (χ2n) is 5.39. The molecule has 11 heteroatoms. The molecule has 2 aromatic heterocycles. The molecule has 0 aliphatic carbocycles. The van der Waals surface area contributed by atoms with Crippen molar-refractivity contribution in [2.75, 3.05) is 26.3 Å². The number of pyridine rings is 1. The summed E-state index contributed by atoms with van der Waals surface area (Å²) in [5.74, 6) is -1.27. The molecule has 0 atom stereocenters. The van der Waals surface area contributed by atoms with Gasteiger partial charge in [-0.15, -0.1) is 0 Å². The van der Waals surface area contributed by atoms with E-state index in [1.54, 1.807) is 12.1 Å². The Morgan fingerprint density at radius 1 is 1.15 bits per heavy atom. The zero-order valence-corrected chi connectivity index (χ0v) is 14.5. The Morgan fingerprint density at radius 2 is 1.88 bits per heavy atom. The molecule has 0 saturated carbocycles. The van der Waals surface area contributed by atoms with Crippen LogP contribution in [0.25, 0.3) is 0 Å². The van der Waals surface area contributed by atoms with Crippen LogP contribution in [0, 0.1) is 0 Å². The van der Waals surface area contributed by atoms with Gasteiger partial charge in [0.25, 0.3) is 11.8 Å². The van der Waals surface area contributed by atoms with E-state index >= 15 is 0 Å². The Balaban J connectivity index is 1.63. The standard InChI is InChI=1S/C15H17N5O5S/c21-14(12-3-1-2-4-16-12)18-19-15(22)13-9-11(10-17-13)26(23,24)20-5-7-25-8-6-20/h1-4,9-10,17H,5-8H2,(H,18,21)(H,19,22). The third-order valence-electron chi connectivity index (χ3n) is 3.70. The van der Waals surface area contributed by atoms with E-state index in [1.807, 2.05) is 0 Å². The predicted octanol–water partition coefficient (Wildman–Crippen LogP) is -0.495. The molecule has 2 aromatic rings. The van der Waals surface area contributed by atoms with Crippen molar-refractivity contribution in [2.24, 2.45) is 0 Å². The van der Waals surface area contributed by atoms with Gasteiger partial charge in [-0.05, 0) is 18.2 Å². The number of nitrogens with one attached hydrogen (secondary N) is 3. The normalized spacial score (nSPS) is 15.4. The minimum atomic E-state index is -3.70. The maximum Gasteiger partial charge on any atom is 0.288 e. The molecule has 1 saturated heterocycles. The number of carbonyl (C=O) groups is 2. The van der Waals surface area contributed by atoms with Gasteiger partial charge < -0.3 is 9.72 Å². The number of aromatic amines is 1. The van der Waals surface area contributed by atoms with Gasteiger partial charge in [-0.25, -0.2) is 8.42 Å². The van der Waals surface area contributed by atoms with Crippen molar-refractivity contribution >= 4 is 21.8 Å². The van der Waals surface area contributed by atoms with Crippen LogP contribution in [0.15, 0.2) is 41.6 Å². The van der Waals surface area contributed by atoms with E-state index in [0.29, 0.717) is 13.2 Å². The van der Waals surface area contributed by atoms with Gasteiger partial charge in [0.15, 0.2) is 0 Å². The molecule has 138 valence electrons. The van der Waals surface area contributed by atoms with Gasteiger partial charge in [0, 0.05) is 25.5 Å². The van der Waals surface area contributed by atoms with Crippen molar-refractivity contribution in [2.45, 2.75) is 4.90 Å². The van der Waals surface area contributed by atoms with Crippen LogP contribution in [0.1, 0.15) is 21.0 Å². The first kappa shape index (κ1) is 18.0. The van der Waals surface area contributed by atoms with Crippen molar-refractivity contribution in [3.05, 3.63) is 48.0 Å². The average Bonchev–Trinajstić information content (AvgIpc) is 3.18. The molecule has 1 fully saturated rings. The Morgan fingerprint density at radius 3 is 2.58 bits per heavy atom. The number of rotatable bonds is 4. The number of hydrazine groups is 1. The van der Waals surface area contributed by atoms with Crippen LogP contribution in [0.5, 0.6) is 0 Å². The highest BCUT2D eigenvalue weighted by Gasteiger charge is 2.28. The molecule has 1 aliphatic heterocycles. The zero-order valence-electron chi connectivity index (χ0n) is 13.6. The number of morpholine rings is 1. The summed E-state index contributed by atoms with van der Waals surface area (Å²) in [6.45, 7) is 1.18. The second kappa shape index (κ2) is 7.64. The fourth-order valence-corrected chi connectivity index (χ4v) is 3.74. The molecule has 3 N–H and O–H groups in total. The molecule has 0 radical (unpaired) electrons. The number of amides is 2. The summed E-state index contributed by atoms with van der Waals surface area (Å²) in [6.07, 6.45) is 2.69. The number of nitrogens with zero attached hydrogens (tertiary/aromatic N) is 2. The molecule has 0 aromatic carbocycles. The van der Waals surface area contributed by atoms with E-state index in [-0.39, 0.29) is 29.4 Å². The Labute approximate surface area is 149 Å². The lowest BCUT2D eigenvalue weighted by Gasteiger charge is -2.25. The van der Waals surface area contributed by atoms with Crippen LogP contribution < -0.4 is 10.9 Å². The highest BCUT2D eigenvalue weighted by Crippen LogP contribution is 2.17. The number of sulfonamides is 1. The smallest absolute Gasteiger partial charge is 0.288 e. The van der Waals surface area contributed by atoms with Gasteiger partial charge in [0.05, 0.1) is 13.2 Å². The number of hydrogen-bond donors (Lipinski definition) is 3. The van der Waals surface area contributed by atoms with Crippen LogP contribution in [-0.2, 0) is 14.8 Å². The van der Waals surface area contributed by atoms with Crippen LogP contribution in [0.2, 0.25) is 0 Å². The SMILES string of the molecule is O=C(NNC(=O)c1cc(S(=O)(=O)N2CCOCC2)c[nH]1)c1ccccn1. The molecule has 0 bridgehead atoms. The maximum absolute atomic E-state index is 12.5. The van der Waals surface area contributed by atoms with Crippen LogP contribution in [-0.4, -0.2) is 60.8 Å². The molecule has 3 rings (SSSR count). The summed E-state index contributed by atoms with van der Waals surface area (Å²) in [4.78, 5) is 30.4. The van der Waals surface area contributed by atoms with E-state index in [0.717, 1.165) is 0 Å². The van der Waals surface area contributed by atoms with Crippen molar-refractivity contribution in [3.63, 3.8) is 0 Å². The number of H-pyrrole nitrogens is 1. The molecular weight excluding hydrogens is 362 g/mol. The highest BCUT2D eigenvalue weighted by molar-refractivity contribution is 7.89. The average molecular weight is 379 g/mol. The summed E-state index contributed by atoms with van der Waals surface area (Å²) in [5.41, 5.74) is 4.55. The number of aromatic nitrogens is 2. The van der Waals surface area contributed by atoms with Gasteiger partial charge in [0.1, 0.15) is 16.3 Å². The lowest BCUT2D eigenvalue weighted by molar-refractivity contribution is 0.0730. The van der Waals surface area contributed by atoms with E-state index in [9.17, 15) is 18.0 Å². The van der Waals surface area contributed by atoms with E-state index in [4.69, 9.17) is 4.74 Å². The number of ether oxygens (including phenoxy) is 1. The Kier molecular flexibility index (Phi) is 5.30. The monoisotopic (exact) mass is 379 g/mol. The quantitative estimate of drug-likeness (QED) is 0.614. The summed E-state index contributed by atoms with van der Waals surface area (Å²) in [6, 6.07) is 6.00.